The summed E-state index contributed by atoms with van der Waals surface area (Å²) in [4.78, 5) is 12.6. The van der Waals surface area contributed by atoms with Crippen LogP contribution >= 0.6 is 11.6 Å². The van der Waals surface area contributed by atoms with Crippen LogP contribution in [-0.2, 0) is 15.9 Å². The molecule has 0 radical (unpaired) electrons. The summed E-state index contributed by atoms with van der Waals surface area (Å²) in [5.41, 5.74) is 1.56. The minimum atomic E-state index is -1.18. The minimum absolute atomic E-state index is 0.0136. The number of carbonyl (C=O) groups is 1. The maximum atomic E-state index is 14.0. The van der Waals surface area contributed by atoms with E-state index in [1.807, 2.05) is 6.07 Å². The SMILES string of the molecule is CO[C@@H]1[C@@H](n2cc(-c3ccc(Cl)c(F)c3)nn2)[C@@H](O)[C@@H](CO)O[C@@H]1Cc1cc(C2CCN(C(=O)O)CC2)no1. The van der Waals surface area contributed by atoms with E-state index in [-0.39, 0.29) is 17.4 Å². The molecule has 2 aliphatic heterocycles. The number of rotatable bonds is 7. The van der Waals surface area contributed by atoms with E-state index in [1.165, 1.54) is 28.8 Å². The van der Waals surface area contributed by atoms with Crippen LogP contribution in [0.1, 0.15) is 36.3 Å². The number of aliphatic hydroxyl groups is 2. The van der Waals surface area contributed by atoms with Crippen molar-refractivity contribution in [2.75, 3.05) is 26.8 Å². The van der Waals surface area contributed by atoms with Crippen LogP contribution in [0, 0.1) is 5.82 Å². The summed E-state index contributed by atoms with van der Waals surface area (Å²) < 4.78 is 32.8. The van der Waals surface area contributed by atoms with Gasteiger partial charge in [-0.1, -0.05) is 28.0 Å². The van der Waals surface area contributed by atoms with Crippen molar-refractivity contribution < 1.29 is 38.5 Å². The molecule has 39 heavy (non-hydrogen) atoms. The van der Waals surface area contributed by atoms with Gasteiger partial charge in [0.05, 0.1) is 29.6 Å². The van der Waals surface area contributed by atoms with Crippen molar-refractivity contribution in [3.63, 3.8) is 0 Å². The number of nitrogens with zero attached hydrogens (tertiary/aromatic N) is 5. The molecule has 1 aromatic carbocycles. The smallest absolute Gasteiger partial charge is 0.407 e. The van der Waals surface area contributed by atoms with Gasteiger partial charge in [0.25, 0.3) is 0 Å². The minimum Gasteiger partial charge on any atom is -0.465 e. The van der Waals surface area contributed by atoms with Gasteiger partial charge in [0, 0.05) is 44.2 Å². The Labute approximate surface area is 227 Å². The van der Waals surface area contributed by atoms with E-state index in [9.17, 15) is 24.5 Å². The number of halogens is 2. The van der Waals surface area contributed by atoms with E-state index in [1.54, 1.807) is 12.3 Å². The number of hydrogen-bond donors (Lipinski definition) is 3. The normalized spacial score (nSPS) is 26.2. The van der Waals surface area contributed by atoms with Crippen LogP contribution in [0.3, 0.4) is 0 Å². The fourth-order valence-corrected chi connectivity index (χ4v) is 5.44. The van der Waals surface area contributed by atoms with Gasteiger partial charge < -0.3 is 34.2 Å². The van der Waals surface area contributed by atoms with Gasteiger partial charge in [-0.3, -0.25) is 0 Å². The zero-order valence-corrected chi connectivity index (χ0v) is 21.8. The molecule has 0 saturated carbocycles. The third-order valence-corrected chi connectivity index (χ3v) is 7.74. The number of carboxylic acid groups (broad SMARTS) is 1. The molecular formula is C25H29ClFN5O7. The molecule has 2 aliphatic rings. The van der Waals surface area contributed by atoms with Gasteiger partial charge in [-0.05, 0) is 25.0 Å². The number of aliphatic hydroxyl groups excluding tert-OH is 2. The largest absolute Gasteiger partial charge is 0.465 e. The molecule has 210 valence electrons. The van der Waals surface area contributed by atoms with Crippen LogP contribution in [0.4, 0.5) is 9.18 Å². The topological polar surface area (TPSA) is 156 Å². The van der Waals surface area contributed by atoms with Crippen molar-refractivity contribution in [2.45, 2.75) is 55.6 Å². The fourth-order valence-electron chi connectivity index (χ4n) is 5.32. The van der Waals surface area contributed by atoms with Gasteiger partial charge in [-0.25, -0.2) is 13.9 Å². The molecule has 2 saturated heterocycles. The number of ether oxygens (including phenoxy) is 2. The molecular weight excluding hydrogens is 537 g/mol. The highest BCUT2D eigenvalue weighted by atomic mass is 35.5. The first-order valence-electron chi connectivity index (χ1n) is 12.6. The molecule has 5 rings (SSSR count). The fraction of sp³-hybridized carbons (Fsp3) is 0.520. The second-order valence-corrected chi connectivity index (χ2v) is 10.2. The Kier molecular flexibility index (Phi) is 8.14. The second kappa shape index (κ2) is 11.6. The quantitative estimate of drug-likeness (QED) is 0.389. The lowest BCUT2D eigenvalue weighted by molar-refractivity contribution is -0.212. The Morgan fingerprint density at radius 2 is 2.03 bits per heavy atom. The Bertz CT molecular complexity index is 1300. The van der Waals surface area contributed by atoms with E-state index in [2.05, 4.69) is 15.5 Å². The standard InChI is InChI=1S/C25H29ClFN5O7/c1-37-24-20(10-15-9-18(29-39-15)13-4-6-31(7-5-13)25(35)36)38-21(12-33)23(34)22(24)32-11-19(28-30-32)14-2-3-16(26)17(27)8-14/h2-3,8-9,11,13,20-24,33-34H,4-7,10,12H2,1H3,(H,35,36)/t20-,21-,22+,23+,24+/m1/s1. The number of amides is 1. The highest BCUT2D eigenvalue weighted by Crippen LogP contribution is 2.35. The van der Waals surface area contributed by atoms with E-state index >= 15 is 0 Å². The lowest BCUT2D eigenvalue weighted by Crippen LogP contribution is -2.57. The van der Waals surface area contributed by atoms with Crippen molar-refractivity contribution in [3.05, 3.63) is 52.8 Å². The van der Waals surface area contributed by atoms with Crippen molar-refractivity contribution in [1.82, 2.24) is 25.1 Å². The van der Waals surface area contributed by atoms with Crippen molar-refractivity contribution in [1.29, 1.82) is 0 Å². The van der Waals surface area contributed by atoms with Gasteiger partial charge in [-0.2, -0.15) is 0 Å². The molecule has 14 heteroatoms. The lowest BCUT2D eigenvalue weighted by atomic mass is 9.90. The predicted molar refractivity (Wildman–Crippen MR) is 134 cm³/mol. The molecule has 3 N–H and O–H groups in total. The van der Waals surface area contributed by atoms with Crippen LogP contribution in [0.15, 0.2) is 35.0 Å². The maximum Gasteiger partial charge on any atom is 0.407 e. The monoisotopic (exact) mass is 565 g/mol. The number of benzene rings is 1. The molecule has 3 aromatic rings. The van der Waals surface area contributed by atoms with Crippen molar-refractivity contribution >= 4 is 17.7 Å². The van der Waals surface area contributed by atoms with Gasteiger partial charge in [0.2, 0.25) is 0 Å². The number of aromatic nitrogens is 4. The van der Waals surface area contributed by atoms with Crippen LogP contribution in [0.5, 0.6) is 0 Å². The summed E-state index contributed by atoms with van der Waals surface area (Å²) in [6, 6.07) is 5.32. The van der Waals surface area contributed by atoms with E-state index < -0.39 is 49.0 Å². The highest BCUT2D eigenvalue weighted by Gasteiger charge is 2.47. The number of piperidine rings is 1. The Hall–Kier alpha value is -3.10. The summed E-state index contributed by atoms with van der Waals surface area (Å²) >= 11 is 5.79. The number of methoxy groups -OCH3 is 1. The molecule has 2 fully saturated rings. The predicted octanol–water partition coefficient (Wildman–Crippen LogP) is 2.50. The zero-order valence-electron chi connectivity index (χ0n) is 21.1. The summed E-state index contributed by atoms with van der Waals surface area (Å²) in [5, 5.41) is 42.6. The van der Waals surface area contributed by atoms with Gasteiger partial charge in [-0.15, -0.1) is 5.10 Å². The summed E-state index contributed by atoms with van der Waals surface area (Å²) in [6.07, 6.45) is -1.31. The second-order valence-electron chi connectivity index (χ2n) is 9.76. The number of hydrogen-bond acceptors (Lipinski definition) is 9. The lowest BCUT2D eigenvalue weighted by Gasteiger charge is -2.43. The average Bonchev–Trinajstić information content (AvgIpc) is 3.61. The summed E-state index contributed by atoms with van der Waals surface area (Å²) in [5.74, 6) is 0.0129. The molecule has 0 unspecified atom stereocenters. The zero-order chi connectivity index (χ0) is 27.7. The van der Waals surface area contributed by atoms with Gasteiger partial charge in [0.15, 0.2) is 0 Å². The first kappa shape index (κ1) is 27.5. The Morgan fingerprint density at radius 1 is 1.26 bits per heavy atom. The van der Waals surface area contributed by atoms with E-state index in [0.717, 1.165) is 5.69 Å². The molecule has 0 spiro atoms. The van der Waals surface area contributed by atoms with Crippen LogP contribution in [-0.4, -0.2) is 97.7 Å². The molecule has 0 aliphatic carbocycles. The molecule has 12 nitrogen and oxygen atoms in total. The molecule has 2 aromatic heterocycles. The van der Waals surface area contributed by atoms with E-state index in [0.29, 0.717) is 42.9 Å². The third-order valence-electron chi connectivity index (χ3n) is 7.43. The van der Waals surface area contributed by atoms with Crippen LogP contribution in [0.2, 0.25) is 5.02 Å². The van der Waals surface area contributed by atoms with Crippen LogP contribution in [0.25, 0.3) is 11.3 Å². The van der Waals surface area contributed by atoms with Crippen molar-refractivity contribution in [2.24, 2.45) is 0 Å². The summed E-state index contributed by atoms with van der Waals surface area (Å²) in [6.45, 7) is 0.415. The molecule has 1 amide bonds. The average molecular weight is 566 g/mol. The molecule has 4 heterocycles. The first-order valence-corrected chi connectivity index (χ1v) is 12.9. The number of likely N-dealkylation sites (tertiary alicyclic amines) is 1. The Balaban J connectivity index is 1.34. The van der Waals surface area contributed by atoms with Gasteiger partial charge in [0.1, 0.15) is 41.6 Å². The summed E-state index contributed by atoms with van der Waals surface area (Å²) in [7, 11) is 1.48. The van der Waals surface area contributed by atoms with Gasteiger partial charge >= 0.3 is 6.09 Å². The van der Waals surface area contributed by atoms with E-state index in [4.69, 9.17) is 25.6 Å². The molecule has 5 atom stereocenters. The third kappa shape index (κ3) is 5.63. The highest BCUT2D eigenvalue weighted by molar-refractivity contribution is 6.30. The first-order chi connectivity index (χ1) is 18.8. The van der Waals surface area contributed by atoms with Crippen LogP contribution < -0.4 is 0 Å². The maximum absolute atomic E-state index is 14.0. The van der Waals surface area contributed by atoms with Crippen molar-refractivity contribution in [3.8, 4) is 11.3 Å². The Morgan fingerprint density at radius 3 is 2.69 bits per heavy atom. The molecule has 0 bridgehead atoms.